The molecule has 1 unspecified atom stereocenters. The van der Waals surface area contributed by atoms with Gasteiger partial charge in [0, 0.05) is 12.1 Å². The summed E-state index contributed by atoms with van der Waals surface area (Å²) in [6.45, 7) is 4.10. The highest BCUT2D eigenvalue weighted by Gasteiger charge is 2.25. The number of hydrogen-bond donors (Lipinski definition) is 1. The van der Waals surface area contributed by atoms with Gasteiger partial charge in [-0.2, -0.15) is 4.68 Å². The Morgan fingerprint density at radius 1 is 1.17 bits per heavy atom. The third-order valence-corrected chi connectivity index (χ3v) is 5.09. The van der Waals surface area contributed by atoms with Gasteiger partial charge in [-0.25, -0.2) is 4.98 Å². The molecule has 2 heterocycles. The van der Waals surface area contributed by atoms with Gasteiger partial charge in [0.15, 0.2) is 0 Å². The maximum absolute atomic E-state index is 13.2. The van der Waals surface area contributed by atoms with Crippen LogP contribution >= 0.6 is 11.6 Å². The molecule has 1 N–H and O–H groups in total. The Balaban J connectivity index is 1.71. The summed E-state index contributed by atoms with van der Waals surface area (Å²) < 4.78 is 3.44. The lowest BCUT2D eigenvalue weighted by Crippen LogP contribution is -2.34. The molecule has 0 saturated carbocycles. The van der Waals surface area contributed by atoms with Crippen LogP contribution in [0.2, 0.25) is 5.02 Å². The van der Waals surface area contributed by atoms with E-state index in [9.17, 15) is 4.79 Å². The minimum atomic E-state index is -0.280. The van der Waals surface area contributed by atoms with Crippen molar-refractivity contribution in [1.82, 2.24) is 35.1 Å². The van der Waals surface area contributed by atoms with Gasteiger partial charge in [0.25, 0.3) is 5.91 Å². The minimum absolute atomic E-state index is 0.123. The van der Waals surface area contributed by atoms with Crippen LogP contribution in [0, 0.1) is 5.92 Å². The molecule has 2 aromatic heterocycles. The second-order valence-electron chi connectivity index (χ2n) is 7.13. The zero-order valence-electron chi connectivity index (χ0n) is 16.2. The van der Waals surface area contributed by atoms with Crippen molar-refractivity contribution in [3.63, 3.8) is 0 Å². The van der Waals surface area contributed by atoms with Gasteiger partial charge in [-0.3, -0.25) is 4.79 Å². The lowest BCUT2D eigenvalue weighted by Gasteiger charge is -2.23. The summed E-state index contributed by atoms with van der Waals surface area (Å²) in [4.78, 5) is 18.0. The number of tetrazole rings is 1. The Kier molecular flexibility index (Phi) is 5.02. The van der Waals surface area contributed by atoms with Crippen LogP contribution in [0.5, 0.6) is 0 Å². The molecule has 1 amide bonds. The van der Waals surface area contributed by atoms with Gasteiger partial charge < -0.3 is 9.88 Å². The summed E-state index contributed by atoms with van der Waals surface area (Å²) in [5.41, 5.74) is 2.84. The van der Waals surface area contributed by atoms with Crippen LogP contribution < -0.4 is 5.32 Å². The van der Waals surface area contributed by atoms with Crippen molar-refractivity contribution < 1.29 is 4.79 Å². The van der Waals surface area contributed by atoms with E-state index >= 15 is 0 Å². The van der Waals surface area contributed by atoms with Gasteiger partial charge in [-0.15, -0.1) is 5.10 Å². The average Bonchev–Trinajstić information content (AvgIpc) is 3.34. The smallest absolute Gasteiger partial charge is 0.254 e. The van der Waals surface area contributed by atoms with Crippen molar-refractivity contribution in [1.29, 1.82) is 0 Å². The zero-order chi connectivity index (χ0) is 20.5. The molecular formula is C20H20ClN7O. The number of fused-ring (bicyclic) bond motifs is 1. The highest BCUT2D eigenvalue weighted by Crippen LogP contribution is 2.26. The van der Waals surface area contributed by atoms with Crippen LogP contribution in [0.25, 0.3) is 16.7 Å². The summed E-state index contributed by atoms with van der Waals surface area (Å²) in [5.74, 6) is 0.670. The van der Waals surface area contributed by atoms with E-state index in [1.165, 1.54) is 11.0 Å². The lowest BCUT2D eigenvalue weighted by molar-refractivity contribution is 0.0922. The maximum atomic E-state index is 13.2. The number of amides is 1. The van der Waals surface area contributed by atoms with E-state index in [4.69, 9.17) is 16.6 Å². The minimum Gasteiger partial charge on any atom is -0.342 e. The number of nitrogens with zero attached hydrogens (tertiary/aromatic N) is 6. The fourth-order valence-electron chi connectivity index (χ4n) is 3.35. The first-order valence-electron chi connectivity index (χ1n) is 9.21. The van der Waals surface area contributed by atoms with Gasteiger partial charge >= 0.3 is 0 Å². The molecule has 148 valence electrons. The van der Waals surface area contributed by atoms with E-state index in [0.29, 0.717) is 16.3 Å². The molecule has 4 aromatic rings. The second-order valence-corrected chi connectivity index (χ2v) is 7.57. The summed E-state index contributed by atoms with van der Waals surface area (Å²) in [7, 11) is 1.96. The topological polar surface area (TPSA) is 90.5 Å². The summed E-state index contributed by atoms with van der Waals surface area (Å²) >= 11 is 6.13. The molecule has 0 radical (unpaired) electrons. The Morgan fingerprint density at radius 2 is 1.97 bits per heavy atom. The first-order valence-corrected chi connectivity index (χ1v) is 9.58. The van der Waals surface area contributed by atoms with Crippen molar-refractivity contribution in [2.24, 2.45) is 13.0 Å². The first kappa shape index (κ1) is 19.1. The largest absolute Gasteiger partial charge is 0.342 e. The summed E-state index contributed by atoms with van der Waals surface area (Å²) in [6.07, 6.45) is 1.42. The van der Waals surface area contributed by atoms with Crippen LogP contribution in [0.15, 0.2) is 48.8 Å². The molecule has 4 rings (SSSR count). The fourth-order valence-corrected chi connectivity index (χ4v) is 3.52. The average molecular weight is 410 g/mol. The van der Waals surface area contributed by atoms with E-state index in [1.54, 1.807) is 18.2 Å². The molecule has 2 aromatic carbocycles. The zero-order valence-corrected chi connectivity index (χ0v) is 17.0. The van der Waals surface area contributed by atoms with Gasteiger partial charge in [0.1, 0.15) is 12.2 Å². The molecule has 0 spiro atoms. The number of carbonyl (C=O) groups excluding carboxylic acids is 1. The third-order valence-electron chi connectivity index (χ3n) is 4.85. The van der Waals surface area contributed by atoms with Crippen LogP contribution in [0.4, 0.5) is 0 Å². The molecule has 0 saturated heterocycles. The van der Waals surface area contributed by atoms with Crippen molar-refractivity contribution in [2.75, 3.05) is 0 Å². The van der Waals surface area contributed by atoms with Crippen molar-refractivity contribution in [3.8, 4) is 5.69 Å². The molecule has 8 nitrogen and oxygen atoms in total. The highest BCUT2D eigenvalue weighted by molar-refractivity contribution is 6.31. The van der Waals surface area contributed by atoms with Crippen molar-refractivity contribution >= 4 is 28.5 Å². The Bertz CT molecular complexity index is 1170. The van der Waals surface area contributed by atoms with E-state index in [-0.39, 0.29) is 17.9 Å². The van der Waals surface area contributed by atoms with Crippen molar-refractivity contribution in [3.05, 3.63) is 65.2 Å². The molecule has 9 heteroatoms. The lowest BCUT2D eigenvalue weighted by atomic mass is 10.0. The van der Waals surface area contributed by atoms with Gasteiger partial charge in [-0.1, -0.05) is 37.6 Å². The van der Waals surface area contributed by atoms with Crippen LogP contribution in [-0.2, 0) is 7.05 Å². The van der Waals surface area contributed by atoms with Gasteiger partial charge in [-0.05, 0) is 46.7 Å². The van der Waals surface area contributed by atoms with Crippen LogP contribution in [-0.4, -0.2) is 35.7 Å². The van der Waals surface area contributed by atoms with Gasteiger partial charge in [0.2, 0.25) is 0 Å². The van der Waals surface area contributed by atoms with E-state index < -0.39 is 0 Å². The molecule has 1 atom stereocenters. The molecule has 0 bridgehead atoms. The Hall–Kier alpha value is -3.26. The number of aryl methyl sites for hydroxylation is 1. The predicted octanol–water partition coefficient (Wildman–Crippen LogP) is 3.33. The van der Waals surface area contributed by atoms with E-state index in [2.05, 4.69) is 34.7 Å². The Morgan fingerprint density at radius 3 is 2.66 bits per heavy atom. The number of rotatable bonds is 5. The molecule has 0 aliphatic carbocycles. The molecule has 0 aliphatic heterocycles. The second kappa shape index (κ2) is 7.63. The molecular weight excluding hydrogens is 390 g/mol. The van der Waals surface area contributed by atoms with Crippen LogP contribution in [0.1, 0.15) is 36.1 Å². The molecule has 0 fully saturated rings. The quantitative estimate of drug-likeness (QED) is 0.546. The van der Waals surface area contributed by atoms with Gasteiger partial charge in [0.05, 0.1) is 28.3 Å². The number of para-hydroxylation sites is 2. The number of aromatic nitrogens is 6. The van der Waals surface area contributed by atoms with Crippen LogP contribution in [0.3, 0.4) is 0 Å². The fraction of sp³-hybridized carbons (Fsp3) is 0.250. The highest BCUT2D eigenvalue weighted by atomic mass is 35.5. The number of benzene rings is 2. The standard InChI is InChI=1S/C20H20ClN7O/c1-12(2)18(19-23-15-6-4-5-7-16(15)27(19)3)24-20(29)14-9-8-13(21)10-17(14)28-11-22-25-26-28/h4-12,18H,1-3H3,(H,24,29). The number of hydrogen-bond acceptors (Lipinski definition) is 5. The first-order chi connectivity index (χ1) is 14.0. The molecule has 0 aliphatic rings. The predicted molar refractivity (Wildman–Crippen MR) is 110 cm³/mol. The number of imidazole rings is 1. The third kappa shape index (κ3) is 3.58. The monoisotopic (exact) mass is 409 g/mol. The van der Waals surface area contributed by atoms with E-state index in [1.807, 2.05) is 35.9 Å². The molecule has 29 heavy (non-hydrogen) atoms. The number of nitrogens with one attached hydrogen (secondary N) is 1. The summed E-state index contributed by atoms with van der Waals surface area (Å²) in [6, 6.07) is 12.6. The Labute approximate surface area is 172 Å². The summed E-state index contributed by atoms with van der Waals surface area (Å²) in [5, 5.41) is 14.8. The SMILES string of the molecule is CC(C)C(NC(=O)c1ccc(Cl)cc1-n1cnnn1)c1nc2ccccc2n1C. The van der Waals surface area contributed by atoms with Crippen molar-refractivity contribution in [2.45, 2.75) is 19.9 Å². The number of halogens is 1. The number of carbonyl (C=O) groups is 1. The van der Waals surface area contributed by atoms with E-state index in [0.717, 1.165) is 16.9 Å². The maximum Gasteiger partial charge on any atom is 0.254 e. The normalized spacial score (nSPS) is 12.4.